The topological polar surface area (TPSA) is 60.2 Å². The molecule has 0 saturated carbocycles. The summed E-state index contributed by atoms with van der Waals surface area (Å²) in [4.78, 5) is 4.64. The third kappa shape index (κ3) is 4.66. The van der Waals surface area contributed by atoms with Crippen molar-refractivity contribution in [3.63, 3.8) is 0 Å². The Balaban J connectivity index is 2.62. The molecule has 1 aromatic rings. The average molecular weight is 253 g/mol. The number of pyridine rings is 1. The minimum atomic E-state index is 0.285. The van der Waals surface area contributed by atoms with Crippen LogP contribution in [0.25, 0.3) is 0 Å². The molecule has 94 valence electrons. The molecule has 0 radical (unpaired) electrons. The smallest absolute Gasteiger partial charge is 0.126 e. The van der Waals surface area contributed by atoms with Crippen molar-refractivity contribution >= 4 is 23.0 Å². The first-order valence-electron chi connectivity index (χ1n) is 5.68. The summed E-state index contributed by atoms with van der Waals surface area (Å²) in [5.74, 6) is 0.820. The van der Waals surface area contributed by atoms with Crippen LogP contribution in [0.2, 0.25) is 0 Å². The second-order valence-corrected chi connectivity index (χ2v) is 4.32. The summed E-state index contributed by atoms with van der Waals surface area (Å²) in [6.07, 6.45) is 3.83. The van der Waals surface area contributed by atoms with E-state index in [9.17, 15) is 0 Å². The maximum absolute atomic E-state index is 5.51. The SMILES string of the molecule is CCCC(COC)Nc1ccc(C(N)=S)cn1. The van der Waals surface area contributed by atoms with E-state index in [-0.39, 0.29) is 6.04 Å². The van der Waals surface area contributed by atoms with Crippen molar-refractivity contribution in [2.45, 2.75) is 25.8 Å². The average Bonchev–Trinajstić information content (AvgIpc) is 2.30. The van der Waals surface area contributed by atoms with Gasteiger partial charge in [-0.3, -0.25) is 0 Å². The zero-order valence-corrected chi connectivity index (χ0v) is 11.1. The summed E-state index contributed by atoms with van der Waals surface area (Å²) in [7, 11) is 1.70. The van der Waals surface area contributed by atoms with Gasteiger partial charge in [-0.1, -0.05) is 25.6 Å². The molecule has 0 fully saturated rings. The molecular formula is C12H19N3OS. The second kappa shape index (κ2) is 7.19. The lowest BCUT2D eigenvalue weighted by Gasteiger charge is -2.17. The number of nitrogens with zero attached hydrogens (tertiary/aromatic N) is 1. The van der Waals surface area contributed by atoms with Gasteiger partial charge in [-0.25, -0.2) is 4.98 Å². The Hall–Kier alpha value is -1.20. The number of nitrogens with one attached hydrogen (secondary N) is 1. The first-order chi connectivity index (χ1) is 8.17. The summed E-state index contributed by atoms with van der Waals surface area (Å²) in [5.41, 5.74) is 6.29. The molecule has 0 aromatic carbocycles. The van der Waals surface area contributed by atoms with Gasteiger partial charge in [0.05, 0.1) is 12.6 Å². The van der Waals surface area contributed by atoms with Crippen molar-refractivity contribution in [2.24, 2.45) is 5.73 Å². The second-order valence-electron chi connectivity index (χ2n) is 3.88. The molecule has 1 heterocycles. The minimum Gasteiger partial charge on any atom is -0.389 e. The molecule has 1 unspecified atom stereocenters. The fourth-order valence-electron chi connectivity index (χ4n) is 1.58. The third-order valence-corrected chi connectivity index (χ3v) is 2.64. The number of aromatic nitrogens is 1. The molecule has 0 aliphatic carbocycles. The lowest BCUT2D eigenvalue weighted by atomic mass is 10.2. The van der Waals surface area contributed by atoms with Crippen LogP contribution in [0.4, 0.5) is 5.82 Å². The Kier molecular flexibility index (Phi) is 5.86. The molecular weight excluding hydrogens is 234 g/mol. The van der Waals surface area contributed by atoms with Crippen molar-refractivity contribution in [1.29, 1.82) is 0 Å². The van der Waals surface area contributed by atoms with Gasteiger partial charge in [-0.15, -0.1) is 0 Å². The molecule has 17 heavy (non-hydrogen) atoms. The van der Waals surface area contributed by atoms with Crippen LogP contribution in [0.3, 0.4) is 0 Å². The van der Waals surface area contributed by atoms with Crippen LogP contribution in [0.15, 0.2) is 18.3 Å². The predicted molar refractivity (Wildman–Crippen MR) is 74.3 cm³/mol. The number of thiocarbonyl (C=S) groups is 1. The van der Waals surface area contributed by atoms with E-state index in [1.165, 1.54) is 0 Å². The van der Waals surface area contributed by atoms with E-state index >= 15 is 0 Å². The Morgan fingerprint density at radius 1 is 1.59 bits per heavy atom. The fourth-order valence-corrected chi connectivity index (χ4v) is 1.70. The highest BCUT2D eigenvalue weighted by Gasteiger charge is 2.07. The molecule has 1 atom stereocenters. The summed E-state index contributed by atoms with van der Waals surface area (Å²) < 4.78 is 5.16. The molecule has 0 aliphatic rings. The fraction of sp³-hybridized carbons (Fsp3) is 0.500. The van der Waals surface area contributed by atoms with Gasteiger partial charge in [0, 0.05) is 18.9 Å². The van der Waals surface area contributed by atoms with Gasteiger partial charge >= 0.3 is 0 Å². The van der Waals surface area contributed by atoms with Crippen molar-refractivity contribution in [3.05, 3.63) is 23.9 Å². The van der Waals surface area contributed by atoms with Crippen LogP contribution >= 0.6 is 12.2 Å². The number of methoxy groups -OCH3 is 1. The van der Waals surface area contributed by atoms with E-state index in [1.807, 2.05) is 12.1 Å². The van der Waals surface area contributed by atoms with E-state index in [0.717, 1.165) is 24.2 Å². The van der Waals surface area contributed by atoms with Crippen LogP contribution in [0.5, 0.6) is 0 Å². The van der Waals surface area contributed by atoms with Gasteiger partial charge in [0.25, 0.3) is 0 Å². The van der Waals surface area contributed by atoms with Gasteiger partial charge in [-0.05, 0) is 18.6 Å². The molecule has 5 heteroatoms. The van der Waals surface area contributed by atoms with Gasteiger partial charge in [0.15, 0.2) is 0 Å². The molecule has 3 N–H and O–H groups in total. The quantitative estimate of drug-likeness (QED) is 0.727. The zero-order valence-electron chi connectivity index (χ0n) is 10.3. The Bertz CT molecular complexity index is 347. The maximum Gasteiger partial charge on any atom is 0.126 e. The summed E-state index contributed by atoms with van der Waals surface area (Å²) in [6, 6.07) is 4.04. The van der Waals surface area contributed by atoms with Crippen LogP contribution < -0.4 is 11.1 Å². The molecule has 1 rings (SSSR count). The zero-order chi connectivity index (χ0) is 12.7. The third-order valence-electron chi connectivity index (χ3n) is 2.40. The van der Waals surface area contributed by atoms with Crippen molar-refractivity contribution < 1.29 is 4.74 Å². The van der Waals surface area contributed by atoms with Crippen LogP contribution in [0.1, 0.15) is 25.3 Å². The normalized spacial score (nSPS) is 12.1. The Morgan fingerprint density at radius 2 is 2.35 bits per heavy atom. The van der Waals surface area contributed by atoms with Gasteiger partial charge in [-0.2, -0.15) is 0 Å². The maximum atomic E-state index is 5.51. The number of rotatable bonds is 7. The number of nitrogens with two attached hydrogens (primary N) is 1. The summed E-state index contributed by atoms with van der Waals surface area (Å²) in [5, 5.41) is 3.33. The standard InChI is InChI=1S/C12H19N3OS/c1-3-4-10(8-16-2)15-11-6-5-9(7-14-11)12(13)17/h5-7,10H,3-4,8H2,1-2H3,(H2,13,17)(H,14,15). The van der Waals surface area contributed by atoms with E-state index in [2.05, 4.69) is 17.2 Å². The summed E-state index contributed by atoms with van der Waals surface area (Å²) >= 11 is 4.87. The monoisotopic (exact) mass is 253 g/mol. The lowest BCUT2D eigenvalue weighted by molar-refractivity contribution is 0.182. The highest BCUT2D eigenvalue weighted by molar-refractivity contribution is 7.80. The largest absolute Gasteiger partial charge is 0.389 e. The predicted octanol–water partition coefficient (Wildman–Crippen LogP) is 1.94. The van der Waals surface area contributed by atoms with E-state index in [0.29, 0.717) is 11.6 Å². The first-order valence-corrected chi connectivity index (χ1v) is 6.09. The van der Waals surface area contributed by atoms with Gasteiger partial charge < -0.3 is 15.8 Å². The first kappa shape index (κ1) is 13.9. The minimum absolute atomic E-state index is 0.285. The highest BCUT2D eigenvalue weighted by atomic mass is 32.1. The number of anilines is 1. The van der Waals surface area contributed by atoms with Gasteiger partial charge in [0.1, 0.15) is 10.8 Å². The molecule has 0 aliphatic heterocycles. The Morgan fingerprint density at radius 3 is 2.82 bits per heavy atom. The number of ether oxygens (including phenoxy) is 1. The molecule has 0 spiro atoms. The van der Waals surface area contributed by atoms with Crippen molar-refractivity contribution in [3.8, 4) is 0 Å². The van der Waals surface area contributed by atoms with Crippen LogP contribution in [-0.2, 0) is 4.74 Å². The number of hydrogen-bond donors (Lipinski definition) is 2. The van der Waals surface area contributed by atoms with Crippen LogP contribution in [0, 0.1) is 0 Å². The van der Waals surface area contributed by atoms with Crippen molar-refractivity contribution in [1.82, 2.24) is 4.98 Å². The van der Waals surface area contributed by atoms with Crippen LogP contribution in [-0.4, -0.2) is 29.7 Å². The molecule has 0 saturated heterocycles. The van der Waals surface area contributed by atoms with Gasteiger partial charge in [0.2, 0.25) is 0 Å². The van der Waals surface area contributed by atoms with E-state index in [1.54, 1.807) is 13.3 Å². The highest BCUT2D eigenvalue weighted by Crippen LogP contribution is 2.09. The van der Waals surface area contributed by atoms with Crippen molar-refractivity contribution in [2.75, 3.05) is 19.0 Å². The van der Waals surface area contributed by atoms with E-state index in [4.69, 9.17) is 22.7 Å². The Labute approximate surface area is 108 Å². The molecule has 0 amide bonds. The van der Waals surface area contributed by atoms with E-state index < -0.39 is 0 Å². The molecule has 1 aromatic heterocycles. The summed E-state index contributed by atoms with van der Waals surface area (Å²) in [6.45, 7) is 2.82. The molecule has 4 nitrogen and oxygen atoms in total. The molecule has 0 bridgehead atoms. The lowest BCUT2D eigenvalue weighted by Crippen LogP contribution is -2.25. The number of hydrogen-bond acceptors (Lipinski definition) is 4.